The van der Waals surface area contributed by atoms with Gasteiger partial charge in [0.2, 0.25) is 6.79 Å². The Labute approximate surface area is 160 Å². The van der Waals surface area contributed by atoms with Crippen LogP contribution in [0.4, 0.5) is 0 Å². The van der Waals surface area contributed by atoms with Crippen molar-refractivity contribution < 1.29 is 29.0 Å². The number of carbonyl (C=O) groups excluding carboxylic acids is 2. The molecule has 0 radical (unpaired) electrons. The standard InChI is InChI=1S/C20H18N2O6/c23-18(24)8-9-21-20(26)15(22-19(25)14-4-2-1-3-5-14)10-13-6-7-16-17(11-13)28-12-27-16/h1-7,10-11H,8-9,12H2,(H,21,26)(H,22,25)(H,23,24). The fourth-order valence-electron chi connectivity index (χ4n) is 2.49. The zero-order valence-electron chi connectivity index (χ0n) is 14.8. The van der Waals surface area contributed by atoms with E-state index in [0.717, 1.165) is 0 Å². The monoisotopic (exact) mass is 382 g/mol. The van der Waals surface area contributed by atoms with Gasteiger partial charge < -0.3 is 25.2 Å². The lowest BCUT2D eigenvalue weighted by Crippen LogP contribution is -2.35. The molecule has 8 heteroatoms. The normalized spacial score (nSPS) is 12.4. The Kier molecular flexibility index (Phi) is 5.91. The van der Waals surface area contributed by atoms with Crippen LogP contribution in [0.5, 0.6) is 11.5 Å². The second kappa shape index (κ2) is 8.72. The average Bonchev–Trinajstić information content (AvgIpc) is 3.15. The van der Waals surface area contributed by atoms with Gasteiger partial charge in [-0.1, -0.05) is 24.3 Å². The highest BCUT2D eigenvalue weighted by molar-refractivity contribution is 6.05. The van der Waals surface area contributed by atoms with Crippen LogP contribution in [0.3, 0.4) is 0 Å². The SMILES string of the molecule is O=C(O)CCNC(=O)C(=Cc1ccc2c(c1)OCO2)NC(=O)c1ccccc1. The molecule has 1 aliphatic heterocycles. The number of carboxylic acids is 1. The van der Waals surface area contributed by atoms with E-state index >= 15 is 0 Å². The number of carbonyl (C=O) groups is 3. The van der Waals surface area contributed by atoms with Crippen LogP contribution >= 0.6 is 0 Å². The number of hydrogen-bond acceptors (Lipinski definition) is 5. The minimum atomic E-state index is -1.03. The molecule has 0 saturated carbocycles. The highest BCUT2D eigenvalue weighted by Gasteiger charge is 2.17. The molecule has 0 spiro atoms. The number of nitrogens with one attached hydrogen (secondary N) is 2. The molecule has 2 amide bonds. The van der Waals surface area contributed by atoms with Crippen LogP contribution in [0.1, 0.15) is 22.3 Å². The van der Waals surface area contributed by atoms with Crippen LogP contribution in [-0.2, 0) is 9.59 Å². The maximum atomic E-state index is 12.5. The lowest BCUT2D eigenvalue weighted by atomic mass is 10.1. The third kappa shape index (κ3) is 4.88. The Bertz CT molecular complexity index is 924. The van der Waals surface area contributed by atoms with Crippen LogP contribution in [-0.4, -0.2) is 36.2 Å². The van der Waals surface area contributed by atoms with E-state index in [0.29, 0.717) is 22.6 Å². The Morgan fingerprint density at radius 2 is 1.79 bits per heavy atom. The summed E-state index contributed by atoms with van der Waals surface area (Å²) in [5.41, 5.74) is 0.983. The maximum Gasteiger partial charge on any atom is 0.305 e. The number of aliphatic carboxylic acids is 1. The van der Waals surface area contributed by atoms with Crippen molar-refractivity contribution in [3.05, 3.63) is 65.4 Å². The summed E-state index contributed by atoms with van der Waals surface area (Å²) in [6.07, 6.45) is 1.26. The fourth-order valence-corrected chi connectivity index (χ4v) is 2.49. The maximum absolute atomic E-state index is 12.5. The summed E-state index contributed by atoms with van der Waals surface area (Å²) in [7, 11) is 0. The van der Waals surface area contributed by atoms with Crippen molar-refractivity contribution in [2.75, 3.05) is 13.3 Å². The first kappa shape index (κ1) is 19.0. The average molecular weight is 382 g/mol. The zero-order valence-corrected chi connectivity index (χ0v) is 14.8. The predicted molar refractivity (Wildman–Crippen MR) is 99.7 cm³/mol. The summed E-state index contributed by atoms with van der Waals surface area (Å²) in [5.74, 6) is -0.953. The predicted octanol–water partition coefficient (Wildman–Crippen LogP) is 1.78. The third-order valence-corrected chi connectivity index (χ3v) is 3.86. The van der Waals surface area contributed by atoms with Gasteiger partial charge in [0, 0.05) is 12.1 Å². The van der Waals surface area contributed by atoms with Crippen molar-refractivity contribution in [3.8, 4) is 11.5 Å². The molecule has 2 aromatic carbocycles. The van der Waals surface area contributed by atoms with E-state index in [-0.39, 0.29) is 25.5 Å². The first-order chi connectivity index (χ1) is 13.5. The number of ether oxygens (including phenoxy) is 2. The molecule has 2 aromatic rings. The Morgan fingerprint density at radius 1 is 1.04 bits per heavy atom. The first-order valence-corrected chi connectivity index (χ1v) is 8.50. The number of rotatable bonds is 7. The van der Waals surface area contributed by atoms with Gasteiger partial charge in [-0.05, 0) is 35.9 Å². The molecule has 28 heavy (non-hydrogen) atoms. The third-order valence-electron chi connectivity index (χ3n) is 3.86. The lowest BCUT2D eigenvalue weighted by Gasteiger charge is -2.11. The Hall–Kier alpha value is -3.81. The van der Waals surface area contributed by atoms with Crippen LogP contribution < -0.4 is 20.1 Å². The highest BCUT2D eigenvalue weighted by atomic mass is 16.7. The molecule has 3 rings (SSSR count). The van der Waals surface area contributed by atoms with Gasteiger partial charge in [-0.15, -0.1) is 0 Å². The molecular weight excluding hydrogens is 364 g/mol. The topological polar surface area (TPSA) is 114 Å². The van der Waals surface area contributed by atoms with Crippen molar-refractivity contribution in [3.63, 3.8) is 0 Å². The van der Waals surface area contributed by atoms with E-state index in [2.05, 4.69) is 10.6 Å². The summed E-state index contributed by atoms with van der Waals surface area (Å²) in [4.78, 5) is 35.6. The van der Waals surface area contributed by atoms with Gasteiger partial charge in [0.1, 0.15) is 5.70 Å². The van der Waals surface area contributed by atoms with Gasteiger partial charge in [0.15, 0.2) is 11.5 Å². The van der Waals surface area contributed by atoms with Crippen molar-refractivity contribution in [2.45, 2.75) is 6.42 Å². The number of amides is 2. The Morgan fingerprint density at radius 3 is 2.54 bits per heavy atom. The molecular formula is C20H18N2O6. The largest absolute Gasteiger partial charge is 0.481 e. The molecule has 0 atom stereocenters. The molecule has 0 aromatic heterocycles. The molecule has 0 saturated heterocycles. The highest BCUT2D eigenvalue weighted by Crippen LogP contribution is 2.33. The molecule has 144 valence electrons. The van der Waals surface area contributed by atoms with Crippen LogP contribution in [0.2, 0.25) is 0 Å². The lowest BCUT2D eigenvalue weighted by molar-refractivity contribution is -0.136. The molecule has 3 N–H and O–H groups in total. The van der Waals surface area contributed by atoms with Crippen molar-refractivity contribution >= 4 is 23.9 Å². The quantitative estimate of drug-likeness (QED) is 0.629. The smallest absolute Gasteiger partial charge is 0.305 e. The molecule has 8 nitrogen and oxygen atoms in total. The van der Waals surface area contributed by atoms with Gasteiger partial charge >= 0.3 is 5.97 Å². The van der Waals surface area contributed by atoms with E-state index in [1.807, 2.05) is 0 Å². The molecule has 0 aliphatic carbocycles. The first-order valence-electron chi connectivity index (χ1n) is 8.50. The van der Waals surface area contributed by atoms with Crippen molar-refractivity contribution in [1.29, 1.82) is 0 Å². The molecule has 1 aliphatic rings. The Balaban J connectivity index is 1.82. The summed E-state index contributed by atoms with van der Waals surface area (Å²) in [6, 6.07) is 13.5. The van der Waals surface area contributed by atoms with E-state index in [1.54, 1.807) is 48.5 Å². The summed E-state index contributed by atoms with van der Waals surface area (Å²) >= 11 is 0. The minimum absolute atomic E-state index is 0.0156. The van der Waals surface area contributed by atoms with E-state index in [9.17, 15) is 14.4 Å². The number of hydrogen-bond donors (Lipinski definition) is 3. The van der Waals surface area contributed by atoms with Crippen LogP contribution in [0, 0.1) is 0 Å². The summed E-state index contributed by atoms with van der Waals surface area (Å²) in [5, 5.41) is 13.8. The number of benzene rings is 2. The number of carboxylic acid groups (broad SMARTS) is 1. The van der Waals surface area contributed by atoms with Crippen LogP contribution in [0.25, 0.3) is 6.08 Å². The van der Waals surface area contributed by atoms with Gasteiger partial charge in [-0.3, -0.25) is 14.4 Å². The van der Waals surface area contributed by atoms with Gasteiger partial charge in [-0.25, -0.2) is 0 Å². The second-order valence-corrected chi connectivity index (χ2v) is 5.89. The molecule has 0 bridgehead atoms. The zero-order chi connectivity index (χ0) is 19.9. The van der Waals surface area contributed by atoms with Gasteiger partial charge in [-0.2, -0.15) is 0 Å². The van der Waals surface area contributed by atoms with Crippen molar-refractivity contribution in [1.82, 2.24) is 10.6 Å². The summed E-state index contributed by atoms with van der Waals surface area (Å²) < 4.78 is 10.6. The van der Waals surface area contributed by atoms with Crippen LogP contribution in [0.15, 0.2) is 54.2 Å². The molecule has 0 fully saturated rings. The minimum Gasteiger partial charge on any atom is -0.481 e. The summed E-state index contributed by atoms with van der Waals surface area (Å²) in [6.45, 7) is 0.0592. The fraction of sp³-hybridized carbons (Fsp3) is 0.150. The van der Waals surface area contributed by atoms with E-state index in [1.165, 1.54) is 6.08 Å². The second-order valence-electron chi connectivity index (χ2n) is 5.89. The van der Waals surface area contributed by atoms with Crippen molar-refractivity contribution in [2.24, 2.45) is 0 Å². The van der Waals surface area contributed by atoms with Gasteiger partial charge in [0.05, 0.1) is 6.42 Å². The van der Waals surface area contributed by atoms with Gasteiger partial charge in [0.25, 0.3) is 11.8 Å². The molecule has 0 unspecified atom stereocenters. The molecule has 1 heterocycles. The van der Waals surface area contributed by atoms with E-state index in [4.69, 9.17) is 14.6 Å². The number of fused-ring (bicyclic) bond motifs is 1. The van der Waals surface area contributed by atoms with E-state index < -0.39 is 17.8 Å².